The minimum atomic E-state index is -0.253. The second kappa shape index (κ2) is 6.94. The molecular weight excluding hydrogens is 338 g/mol. The van der Waals surface area contributed by atoms with Gasteiger partial charge in [0.1, 0.15) is 0 Å². The zero-order valence-corrected chi connectivity index (χ0v) is 14.8. The fourth-order valence-corrected chi connectivity index (χ4v) is 5.11. The Morgan fingerprint density at radius 1 is 1.40 bits per heavy atom. The van der Waals surface area contributed by atoms with E-state index < -0.39 is 0 Å². The maximum absolute atomic E-state index is 11.9. The predicted molar refractivity (Wildman–Crippen MR) is 88.0 cm³/mol. The third-order valence-electron chi connectivity index (χ3n) is 4.09. The number of methoxy groups -OCH3 is 1. The lowest BCUT2D eigenvalue weighted by molar-refractivity contribution is 0.0599. The van der Waals surface area contributed by atoms with Crippen LogP contribution in [0.15, 0.2) is 3.79 Å². The van der Waals surface area contributed by atoms with Gasteiger partial charge in [0.2, 0.25) is 0 Å². The van der Waals surface area contributed by atoms with Gasteiger partial charge >= 0.3 is 5.97 Å². The molecule has 1 saturated carbocycles. The number of esters is 1. The predicted octanol–water partition coefficient (Wildman–Crippen LogP) is 4.76. The molecule has 112 valence electrons. The topological polar surface area (TPSA) is 29.5 Å². The van der Waals surface area contributed by atoms with Crippen LogP contribution in [0.5, 0.6) is 0 Å². The van der Waals surface area contributed by atoms with E-state index in [9.17, 15) is 4.79 Å². The van der Waals surface area contributed by atoms with E-state index in [1.807, 2.05) is 6.92 Å². The molecule has 0 spiro atoms. The highest BCUT2D eigenvalue weighted by Gasteiger charge is 2.27. The molecule has 0 saturated heterocycles. The molecule has 5 heteroatoms. The number of thiophene rings is 1. The Labute approximate surface area is 133 Å². The van der Waals surface area contributed by atoms with Crippen LogP contribution in [0.3, 0.4) is 0 Å². The summed E-state index contributed by atoms with van der Waals surface area (Å²) in [5.74, 6) is -0.253. The largest absolute Gasteiger partial charge is 0.465 e. The minimum absolute atomic E-state index is 0.253. The van der Waals surface area contributed by atoms with Gasteiger partial charge in [0.05, 0.1) is 21.5 Å². The summed E-state index contributed by atoms with van der Waals surface area (Å²) in [6.07, 6.45) is 6.51. The van der Waals surface area contributed by atoms with Gasteiger partial charge in [-0.3, -0.25) is 0 Å². The van der Waals surface area contributed by atoms with Gasteiger partial charge in [-0.2, -0.15) is 0 Å². The van der Waals surface area contributed by atoms with Gasteiger partial charge in [-0.25, -0.2) is 4.79 Å². The summed E-state index contributed by atoms with van der Waals surface area (Å²) in [7, 11) is 1.43. The summed E-state index contributed by atoms with van der Waals surface area (Å²) in [4.78, 5) is 14.4. The van der Waals surface area contributed by atoms with Crippen LogP contribution in [-0.2, 0) is 4.74 Å². The van der Waals surface area contributed by atoms with Crippen LogP contribution in [0.4, 0.5) is 5.00 Å². The van der Waals surface area contributed by atoms with Crippen molar-refractivity contribution in [1.82, 2.24) is 0 Å². The first-order valence-corrected chi connectivity index (χ1v) is 8.84. The second-order valence-corrected chi connectivity index (χ2v) is 7.57. The monoisotopic (exact) mass is 359 g/mol. The second-order valence-electron chi connectivity index (χ2n) is 5.25. The number of anilines is 1. The van der Waals surface area contributed by atoms with Crippen LogP contribution < -0.4 is 4.90 Å². The van der Waals surface area contributed by atoms with E-state index in [4.69, 9.17) is 4.74 Å². The summed E-state index contributed by atoms with van der Waals surface area (Å²) >= 11 is 5.17. The summed E-state index contributed by atoms with van der Waals surface area (Å²) in [6.45, 7) is 5.20. The molecule has 2 rings (SSSR count). The smallest absolute Gasteiger partial charge is 0.340 e. The van der Waals surface area contributed by atoms with Gasteiger partial charge in [0.15, 0.2) is 0 Å². The van der Waals surface area contributed by atoms with E-state index in [0.29, 0.717) is 11.6 Å². The first-order valence-electron chi connectivity index (χ1n) is 7.24. The highest BCUT2D eigenvalue weighted by Crippen LogP contribution is 2.41. The molecule has 3 nitrogen and oxygen atoms in total. The normalized spacial score (nSPS) is 16.2. The third kappa shape index (κ3) is 3.03. The van der Waals surface area contributed by atoms with Crippen molar-refractivity contribution in [1.29, 1.82) is 0 Å². The maximum Gasteiger partial charge on any atom is 0.340 e. The van der Waals surface area contributed by atoms with E-state index in [1.165, 1.54) is 44.2 Å². The SMILES string of the molecule is CCN(c1sc(Br)c(C(=O)OC)c1C)C1CCCCC1. The van der Waals surface area contributed by atoms with Crippen molar-refractivity contribution in [2.75, 3.05) is 18.6 Å². The Bertz CT molecular complexity index is 480. The molecule has 0 aliphatic heterocycles. The Morgan fingerprint density at radius 3 is 2.60 bits per heavy atom. The fraction of sp³-hybridized carbons (Fsp3) is 0.667. The minimum Gasteiger partial charge on any atom is -0.465 e. The van der Waals surface area contributed by atoms with Crippen molar-refractivity contribution in [2.24, 2.45) is 0 Å². The molecule has 1 aliphatic carbocycles. The molecule has 0 bridgehead atoms. The quantitative estimate of drug-likeness (QED) is 0.725. The number of carbonyl (C=O) groups excluding carboxylic acids is 1. The number of carbonyl (C=O) groups is 1. The van der Waals surface area contributed by atoms with Crippen LogP contribution in [0.1, 0.15) is 54.9 Å². The Hall–Kier alpha value is -0.550. The Balaban J connectivity index is 2.32. The van der Waals surface area contributed by atoms with Gasteiger partial charge in [-0.05, 0) is 48.2 Å². The van der Waals surface area contributed by atoms with Crippen LogP contribution in [0.2, 0.25) is 0 Å². The number of hydrogen-bond donors (Lipinski definition) is 0. The number of hydrogen-bond acceptors (Lipinski definition) is 4. The number of ether oxygens (including phenoxy) is 1. The molecule has 1 aromatic heterocycles. The van der Waals surface area contributed by atoms with Gasteiger partial charge in [0, 0.05) is 12.6 Å². The van der Waals surface area contributed by atoms with Crippen LogP contribution in [0.25, 0.3) is 0 Å². The lowest BCUT2D eigenvalue weighted by Crippen LogP contribution is -2.36. The highest BCUT2D eigenvalue weighted by molar-refractivity contribution is 9.11. The molecular formula is C15H22BrNO2S. The van der Waals surface area contributed by atoms with E-state index in [1.54, 1.807) is 11.3 Å². The summed E-state index contributed by atoms with van der Waals surface area (Å²) in [5, 5.41) is 1.21. The van der Waals surface area contributed by atoms with Gasteiger partial charge in [0.25, 0.3) is 0 Å². The molecule has 20 heavy (non-hydrogen) atoms. The lowest BCUT2D eigenvalue weighted by atomic mass is 9.94. The lowest BCUT2D eigenvalue weighted by Gasteiger charge is -2.35. The summed E-state index contributed by atoms with van der Waals surface area (Å²) in [5.41, 5.74) is 1.72. The summed E-state index contributed by atoms with van der Waals surface area (Å²) < 4.78 is 5.77. The van der Waals surface area contributed by atoms with E-state index in [-0.39, 0.29) is 5.97 Å². The Kier molecular flexibility index (Phi) is 5.49. The van der Waals surface area contributed by atoms with Crippen LogP contribution >= 0.6 is 27.3 Å². The molecule has 0 unspecified atom stereocenters. The van der Waals surface area contributed by atoms with Crippen molar-refractivity contribution in [2.45, 2.75) is 52.0 Å². The molecule has 0 amide bonds. The standard InChI is InChI=1S/C15H22BrNO2S/c1-4-17(11-8-6-5-7-9-11)14-10(2)12(13(16)20-14)15(18)19-3/h11H,4-9H2,1-3H3. The van der Waals surface area contributed by atoms with E-state index in [0.717, 1.165) is 15.9 Å². The van der Waals surface area contributed by atoms with Crippen molar-refractivity contribution < 1.29 is 9.53 Å². The molecule has 1 heterocycles. The van der Waals surface area contributed by atoms with Gasteiger partial charge in [-0.1, -0.05) is 19.3 Å². The first kappa shape index (κ1) is 15.8. The molecule has 1 fully saturated rings. The van der Waals surface area contributed by atoms with Crippen molar-refractivity contribution in [3.8, 4) is 0 Å². The summed E-state index contributed by atoms with van der Waals surface area (Å²) in [6, 6.07) is 0.614. The fourth-order valence-electron chi connectivity index (χ4n) is 3.04. The van der Waals surface area contributed by atoms with Crippen molar-refractivity contribution in [3.63, 3.8) is 0 Å². The molecule has 0 aromatic carbocycles. The molecule has 0 radical (unpaired) electrons. The molecule has 0 atom stereocenters. The van der Waals surface area contributed by atoms with Crippen molar-refractivity contribution in [3.05, 3.63) is 14.9 Å². The van der Waals surface area contributed by atoms with E-state index in [2.05, 4.69) is 27.8 Å². The maximum atomic E-state index is 11.9. The zero-order chi connectivity index (χ0) is 14.7. The number of halogens is 1. The number of nitrogens with zero attached hydrogens (tertiary/aromatic N) is 1. The zero-order valence-electron chi connectivity index (χ0n) is 12.4. The molecule has 0 N–H and O–H groups in total. The van der Waals surface area contributed by atoms with Crippen LogP contribution in [0, 0.1) is 6.92 Å². The average molecular weight is 360 g/mol. The highest BCUT2D eigenvalue weighted by atomic mass is 79.9. The third-order valence-corrected chi connectivity index (χ3v) is 6.08. The van der Waals surface area contributed by atoms with Crippen LogP contribution in [-0.4, -0.2) is 25.7 Å². The first-order chi connectivity index (χ1) is 9.60. The number of rotatable bonds is 4. The van der Waals surface area contributed by atoms with E-state index >= 15 is 0 Å². The average Bonchev–Trinajstić information content (AvgIpc) is 2.75. The van der Waals surface area contributed by atoms with Gasteiger partial charge in [-0.15, -0.1) is 11.3 Å². The van der Waals surface area contributed by atoms with Crippen molar-refractivity contribution >= 4 is 38.2 Å². The molecule has 1 aliphatic rings. The Morgan fingerprint density at radius 2 is 2.05 bits per heavy atom. The van der Waals surface area contributed by atoms with Gasteiger partial charge < -0.3 is 9.64 Å². The molecule has 1 aromatic rings.